The summed E-state index contributed by atoms with van der Waals surface area (Å²) in [6, 6.07) is 12.0. The second kappa shape index (κ2) is 5.04. The van der Waals surface area contributed by atoms with Crippen LogP contribution in [0, 0.1) is 0 Å². The zero-order valence-corrected chi connectivity index (χ0v) is 11.6. The predicted molar refractivity (Wildman–Crippen MR) is 75.6 cm³/mol. The average molecular weight is 318 g/mol. The fourth-order valence-corrected chi connectivity index (χ4v) is 2.94. The van der Waals surface area contributed by atoms with Crippen molar-refractivity contribution in [1.82, 2.24) is 15.0 Å². The lowest BCUT2D eigenvalue weighted by molar-refractivity contribution is 1.12. The molecule has 0 atom stereocenters. The van der Waals surface area contributed by atoms with E-state index in [0.717, 1.165) is 19.9 Å². The molecule has 0 N–H and O–H groups in total. The fourth-order valence-electron chi connectivity index (χ4n) is 1.55. The summed E-state index contributed by atoms with van der Waals surface area (Å²) in [5, 5.41) is 0.918. The van der Waals surface area contributed by atoms with E-state index in [2.05, 4.69) is 43.0 Å². The van der Waals surface area contributed by atoms with Crippen molar-refractivity contribution in [2.45, 2.75) is 9.92 Å². The number of fused-ring (bicyclic) bond motifs is 1. The van der Waals surface area contributed by atoms with Gasteiger partial charge in [0.15, 0.2) is 5.65 Å². The zero-order valence-electron chi connectivity index (χ0n) is 9.25. The standard InChI is InChI=1S/C13H8BrN3S/c14-9-2-1-3-10(8-9)18-12-5-4-11-13(17-12)16-7-6-15-11/h1-8H. The molecule has 88 valence electrons. The summed E-state index contributed by atoms with van der Waals surface area (Å²) in [7, 11) is 0. The number of aromatic nitrogens is 3. The van der Waals surface area contributed by atoms with Crippen LogP contribution in [-0.2, 0) is 0 Å². The van der Waals surface area contributed by atoms with Gasteiger partial charge in [-0.05, 0) is 30.3 Å². The normalized spacial score (nSPS) is 10.7. The smallest absolute Gasteiger partial charge is 0.179 e. The highest BCUT2D eigenvalue weighted by Gasteiger charge is 2.02. The van der Waals surface area contributed by atoms with Crippen molar-refractivity contribution in [2.75, 3.05) is 0 Å². The Kier molecular flexibility index (Phi) is 3.25. The molecule has 0 aliphatic rings. The van der Waals surface area contributed by atoms with E-state index in [0.29, 0.717) is 5.65 Å². The van der Waals surface area contributed by atoms with E-state index in [-0.39, 0.29) is 0 Å². The number of hydrogen-bond donors (Lipinski definition) is 0. The van der Waals surface area contributed by atoms with Crippen molar-refractivity contribution < 1.29 is 0 Å². The van der Waals surface area contributed by atoms with E-state index in [9.17, 15) is 0 Å². The molecule has 0 amide bonds. The first-order chi connectivity index (χ1) is 8.81. The van der Waals surface area contributed by atoms with Crippen LogP contribution in [0.15, 0.2) is 63.2 Å². The second-order valence-corrected chi connectivity index (χ2v) is 5.62. The Labute approximate surface area is 117 Å². The number of benzene rings is 1. The van der Waals surface area contributed by atoms with E-state index in [1.165, 1.54) is 0 Å². The van der Waals surface area contributed by atoms with Crippen LogP contribution in [0.2, 0.25) is 0 Å². The molecule has 0 spiro atoms. The summed E-state index contributed by atoms with van der Waals surface area (Å²) >= 11 is 5.07. The van der Waals surface area contributed by atoms with Crippen LogP contribution in [0.25, 0.3) is 11.2 Å². The van der Waals surface area contributed by atoms with Crippen LogP contribution in [0.1, 0.15) is 0 Å². The van der Waals surface area contributed by atoms with Gasteiger partial charge in [-0.15, -0.1) is 0 Å². The Balaban J connectivity index is 1.95. The largest absolute Gasteiger partial charge is 0.251 e. The molecule has 2 heterocycles. The number of rotatable bonds is 2. The lowest BCUT2D eigenvalue weighted by atomic mass is 10.4. The fraction of sp³-hybridized carbons (Fsp3) is 0. The van der Waals surface area contributed by atoms with Crippen molar-refractivity contribution in [3.63, 3.8) is 0 Å². The van der Waals surface area contributed by atoms with Crippen LogP contribution in [0.5, 0.6) is 0 Å². The van der Waals surface area contributed by atoms with E-state index in [1.54, 1.807) is 24.2 Å². The molecule has 3 nitrogen and oxygen atoms in total. The van der Waals surface area contributed by atoms with Gasteiger partial charge in [0.2, 0.25) is 0 Å². The molecular weight excluding hydrogens is 310 g/mol. The van der Waals surface area contributed by atoms with Gasteiger partial charge in [0.1, 0.15) is 10.5 Å². The van der Waals surface area contributed by atoms with Gasteiger partial charge >= 0.3 is 0 Å². The molecule has 0 aliphatic heterocycles. The third-order valence-electron chi connectivity index (χ3n) is 2.32. The molecule has 3 aromatic rings. The van der Waals surface area contributed by atoms with Crippen molar-refractivity contribution in [3.05, 3.63) is 53.3 Å². The van der Waals surface area contributed by atoms with E-state index < -0.39 is 0 Å². The molecule has 18 heavy (non-hydrogen) atoms. The molecule has 0 bridgehead atoms. The number of halogens is 1. The lowest BCUT2D eigenvalue weighted by Crippen LogP contribution is -1.87. The third kappa shape index (κ3) is 2.52. The van der Waals surface area contributed by atoms with Gasteiger partial charge in [-0.25, -0.2) is 9.97 Å². The molecule has 0 saturated heterocycles. The number of pyridine rings is 1. The lowest BCUT2D eigenvalue weighted by Gasteiger charge is -2.02. The summed E-state index contributed by atoms with van der Waals surface area (Å²) in [5.41, 5.74) is 1.49. The predicted octanol–water partition coefficient (Wildman–Crippen LogP) is 3.94. The molecule has 3 rings (SSSR count). The van der Waals surface area contributed by atoms with Gasteiger partial charge in [-0.2, -0.15) is 0 Å². The van der Waals surface area contributed by atoms with E-state index >= 15 is 0 Å². The maximum Gasteiger partial charge on any atom is 0.179 e. The van der Waals surface area contributed by atoms with Crippen molar-refractivity contribution in [2.24, 2.45) is 0 Å². The first-order valence-electron chi connectivity index (χ1n) is 5.32. The summed E-state index contributed by atoms with van der Waals surface area (Å²) in [5.74, 6) is 0. The number of nitrogens with zero attached hydrogens (tertiary/aromatic N) is 3. The minimum atomic E-state index is 0.678. The van der Waals surface area contributed by atoms with Gasteiger partial charge in [-0.1, -0.05) is 33.8 Å². The Hall–Kier alpha value is -1.46. The van der Waals surface area contributed by atoms with Gasteiger partial charge in [0, 0.05) is 21.8 Å². The van der Waals surface area contributed by atoms with Crippen LogP contribution in [0.4, 0.5) is 0 Å². The highest BCUT2D eigenvalue weighted by molar-refractivity contribution is 9.10. The molecule has 0 fully saturated rings. The maximum absolute atomic E-state index is 4.47. The molecule has 0 aliphatic carbocycles. The van der Waals surface area contributed by atoms with Gasteiger partial charge in [-0.3, -0.25) is 4.98 Å². The molecular formula is C13H8BrN3S. The van der Waals surface area contributed by atoms with Crippen LogP contribution in [0.3, 0.4) is 0 Å². The van der Waals surface area contributed by atoms with E-state index in [1.807, 2.05) is 24.3 Å². The topological polar surface area (TPSA) is 38.7 Å². The Morgan fingerprint density at radius 1 is 1.00 bits per heavy atom. The summed E-state index contributed by atoms with van der Waals surface area (Å²) in [6.07, 6.45) is 3.33. The Morgan fingerprint density at radius 2 is 1.89 bits per heavy atom. The second-order valence-electron chi connectivity index (χ2n) is 3.61. The zero-order chi connectivity index (χ0) is 12.4. The highest BCUT2D eigenvalue weighted by Crippen LogP contribution is 2.28. The van der Waals surface area contributed by atoms with Crippen LogP contribution < -0.4 is 0 Å². The van der Waals surface area contributed by atoms with Crippen molar-refractivity contribution in [1.29, 1.82) is 0 Å². The average Bonchev–Trinajstić information content (AvgIpc) is 2.39. The van der Waals surface area contributed by atoms with E-state index in [4.69, 9.17) is 0 Å². The third-order valence-corrected chi connectivity index (χ3v) is 3.74. The first kappa shape index (κ1) is 11.6. The van der Waals surface area contributed by atoms with Crippen molar-refractivity contribution >= 4 is 38.9 Å². The summed E-state index contributed by atoms with van der Waals surface area (Å²) in [4.78, 5) is 14.0. The van der Waals surface area contributed by atoms with Gasteiger partial charge in [0.05, 0.1) is 0 Å². The minimum Gasteiger partial charge on any atom is -0.251 e. The minimum absolute atomic E-state index is 0.678. The highest BCUT2D eigenvalue weighted by atomic mass is 79.9. The van der Waals surface area contributed by atoms with Crippen molar-refractivity contribution in [3.8, 4) is 0 Å². The molecule has 2 aromatic heterocycles. The Bertz CT molecular complexity index is 702. The first-order valence-corrected chi connectivity index (χ1v) is 6.93. The van der Waals surface area contributed by atoms with Gasteiger partial charge in [0.25, 0.3) is 0 Å². The molecule has 0 radical (unpaired) electrons. The SMILES string of the molecule is Brc1cccc(Sc2ccc3nccnc3n2)c1. The summed E-state index contributed by atoms with van der Waals surface area (Å²) < 4.78 is 1.06. The Morgan fingerprint density at radius 3 is 2.78 bits per heavy atom. The number of hydrogen-bond acceptors (Lipinski definition) is 4. The van der Waals surface area contributed by atoms with Gasteiger partial charge < -0.3 is 0 Å². The quantitative estimate of drug-likeness (QED) is 0.717. The van der Waals surface area contributed by atoms with Crippen LogP contribution >= 0.6 is 27.7 Å². The maximum atomic E-state index is 4.47. The van der Waals surface area contributed by atoms with Crippen LogP contribution in [-0.4, -0.2) is 15.0 Å². The monoisotopic (exact) mass is 317 g/mol. The molecule has 5 heteroatoms. The summed E-state index contributed by atoms with van der Waals surface area (Å²) in [6.45, 7) is 0. The molecule has 0 saturated carbocycles. The molecule has 0 unspecified atom stereocenters. The molecule has 1 aromatic carbocycles.